The van der Waals surface area contributed by atoms with Gasteiger partial charge in [-0.05, 0) is 50.6 Å². The molecule has 0 amide bonds. The second-order valence-corrected chi connectivity index (χ2v) is 7.09. The first-order valence-electron chi connectivity index (χ1n) is 8.95. The van der Waals surface area contributed by atoms with Gasteiger partial charge in [0.25, 0.3) is 6.43 Å². The number of rotatable bonds is 7. The lowest BCUT2D eigenvalue weighted by Crippen LogP contribution is -2.38. The maximum absolute atomic E-state index is 12.9. The van der Waals surface area contributed by atoms with Crippen LogP contribution in [0.5, 0.6) is 0 Å². The van der Waals surface area contributed by atoms with Crippen LogP contribution in [0.15, 0.2) is 36.7 Å². The molecule has 0 bridgehead atoms. The summed E-state index contributed by atoms with van der Waals surface area (Å²) < 4.78 is 27.2. The van der Waals surface area contributed by atoms with Crippen molar-refractivity contribution >= 4 is 11.6 Å². The van der Waals surface area contributed by atoms with Crippen LogP contribution < -0.4 is 5.32 Å². The molecule has 0 saturated carbocycles. The summed E-state index contributed by atoms with van der Waals surface area (Å²) in [5.74, 6) is 0.673. The first-order valence-corrected chi connectivity index (χ1v) is 8.95. The minimum atomic E-state index is -2.59. The van der Waals surface area contributed by atoms with Gasteiger partial charge in [0.1, 0.15) is 22.9 Å². The zero-order valence-electron chi connectivity index (χ0n) is 16.2. The highest BCUT2D eigenvalue weighted by atomic mass is 19.3. The van der Waals surface area contributed by atoms with Crippen LogP contribution in [-0.2, 0) is 0 Å². The van der Waals surface area contributed by atoms with Crippen molar-refractivity contribution in [1.82, 2.24) is 25.0 Å². The lowest BCUT2D eigenvalue weighted by atomic mass is 9.99. The number of anilines is 2. The number of nitrogens with zero attached hydrogens (tertiary/aromatic N) is 5. The Morgan fingerprint density at radius 1 is 1.21 bits per heavy atom. The number of aryl methyl sites for hydroxylation is 1. The van der Waals surface area contributed by atoms with Gasteiger partial charge in [-0.2, -0.15) is 0 Å². The second kappa shape index (κ2) is 8.18. The Morgan fingerprint density at radius 3 is 2.66 bits per heavy atom. The summed E-state index contributed by atoms with van der Waals surface area (Å²) in [7, 11) is 0. The molecule has 154 valence electrons. The summed E-state index contributed by atoms with van der Waals surface area (Å²) in [6, 6.07) is 5.56. The highest BCUT2D eigenvalue weighted by Gasteiger charge is 2.30. The Hall–Kier alpha value is -2.98. The highest BCUT2D eigenvalue weighted by molar-refractivity contribution is 5.61. The lowest BCUT2D eigenvalue weighted by molar-refractivity contribution is -0.0393. The monoisotopic (exact) mass is 404 g/mol. The zero-order chi connectivity index (χ0) is 21.2. The summed E-state index contributed by atoms with van der Waals surface area (Å²) in [5.41, 5.74) is 0.348. The van der Waals surface area contributed by atoms with Crippen molar-refractivity contribution in [3.05, 3.63) is 47.8 Å². The van der Waals surface area contributed by atoms with E-state index in [1.807, 2.05) is 6.92 Å². The minimum absolute atomic E-state index is 0.136. The Morgan fingerprint density at radius 2 is 1.97 bits per heavy atom. The molecular formula is C19H22F2N6O2. The third-order valence-corrected chi connectivity index (χ3v) is 4.65. The van der Waals surface area contributed by atoms with Crippen LogP contribution in [0, 0.1) is 6.92 Å². The van der Waals surface area contributed by atoms with Gasteiger partial charge in [0.15, 0.2) is 0 Å². The Balaban J connectivity index is 1.87. The number of aromatic nitrogens is 5. The van der Waals surface area contributed by atoms with E-state index in [0.29, 0.717) is 17.2 Å². The minimum Gasteiger partial charge on any atom is -0.393 e. The maximum Gasteiger partial charge on any atom is 0.264 e. The topological polar surface area (TPSA) is 109 Å². The summed E-state index contributed by atoms with van der Waals surface area (Å²) in [6.45, 7) is 4.66. The Bertz CT molecular complexity index is 992. The average molecular weight is 404 g/mol. The molecule has 3 N–H and O–H groups in total. The standard InChI is InChI=1S/C19H22F2N6O2/c1-11-6-14(15-9-27(26-25-15)12(2)19(3,29)10-28)23-17(7-11)24-16-8-13(18(20)21)4-5-22-16/h4-9,12,18,28-29H,10H2,1-3H3,(H,22,23,24)/t12-,19-/m0/s1. The van der Waals surface area contributed by atoms with Gasteiger partial charge in [0.05, 0.1) is 24.5 Å². The van der Waals surface area contributed by atoms with E-state index in [1.54, 1.807) is 25.3 Å². The van der Waals surface area contributed by atoms with Gasteiger partial charge in [-0.15, -0.1) is 5.10 Å². The predicted molar refractivity (Wildman–Crippen MR) is 103 cm³/mol. The maximum atomic E-state index is 12.9. The van der Waals surface area contributed by atoms with Crippen molar-refractivity contribution in [3.63, 3.8) is 0 Å². The molecule has 3 aromatic rings. The van der Waals surface area contributed by atoms with Gasteiger partial charge in [-0.3, -0.25) is 0 Å². The molecule has 0 aliphatic heterocycles. The smallest absolute Gasteiger partial charge is 0.264 e. The van der Waals surface area contributed by atoms with E-state index >= 15 is 0 Å². The van der Waals surface area contributed by atoms with E-state index in [1.165, 1.54) is 29.9 Å². The van der Waals surface area contributed by atoms with Crippen molar-refractivity contribution in [1.29, 1.82) is 0 Å². The molecule has 0 spiro atoms. The first-order chi connectivity index (χ1) is 13.7. The molecule has 3 heterocycles. The van der Waals surface area contributed by atoms with Crippen LogP contribution in [0.3, 0.4) is 0 Å². The normalized spacial score (nSPS) is 14.6. The number of nitrogens with one attached hydrogen (secondary N) is 1. The molecule has 3 rings (SSSR count). The Kier molecular flexibility index (Phi) is 5.85. The Labute approximate surface area is 166 Å². The van der Waals surface area contributed by atoms with Gasteiger partial charge in [-0.1, -0.05) is 5.21 Å². The molecule has 0 radical (unpaired) electrons. The number of aliphatic hydroxyl groups is 2. The average Bonchev–Trinajstić information content (AvgIpc) is 3.17. The van der Waals surface area contributed by atoms with Crippen LogP contribution in [0.2, 0.25) is 0 Å². The van der Waals surface area contributed by atoms with E-state index < -0.39 is 24.7 Å². The van der Waals surface area contributed by atoms with Gasteiger partial charge in [0.2, 0.25) is 0 Å². The molecule has 29 heavy (non-hydrogen) atoms. The van der Waals surface area contributed by atoms with Crippen LogP contribution in [0.1, 0.15) is 37.4 Å². The summed E-state index contributed by atoms with van der Waals surface area (Å²) in [5, 5.41) is 30.6. The van der Waals surface area contributed by atoms with Gasteiger partial charge < -0.3 is 15.5 Å². The van der Waals surface area contributed by atoms with E-state index in [0.717, 1.165) is 5.56 Å². The van der Waals surface area contributed by atoms with E-state index in [4.69, 9.17) is 0 Å². The van der Waals surface area contributed by atoms with Crippen LogP contribution in [0.4, 0.5) is 20.4 Å². The third-order valence-electron chi connectivity index (χ3n) is 4.65. The molecule has 0 aliphatic rings. The number of hydrogen-bond donors (Lipinski definition) is 3. The molecule has 0 fully saturated rings. The van der Waals surface area contributed by atoms with Crippen molar-refractivity contribution in [2.24, 2.45) is 0 Å². The zero-order valence-corrected chi connectivity index (χ0v) is 16.2. The van der Waals surface area contributed by atoms with E-state index in [2.05, 4.69) is 25.6 Å². The molecule has 0 saturated heterocycles. The van der Waals surface area contributed by atoms with Crippen molar-refractivity contribution in [2.45, 2.75) is 38.8 Å². The molecular weight excluding hydrogens is 382 g/mol. The molecule has 8 nitrogen and oxygen atoms in total. The van der Waals surface area contributed by atoms with Crippen molar-refractivity contribution < 1.29 is 19.0 Å². The van der Waals surface area contributed by atoms with Crippen molar-refractivity contribution in [2.75, 3.05) is 11.9 Å². The van der Waals surface area contributed by atoms with Gasteiger partial charge in [0, 0.05) is 11.8 Å². The number of pyridine rings is 2. The number of alkyl halides is 2. The van der Waals surface area contributed by atoms with Crippen LogP contribution in [0.25, 0.3) is 11.4 Å². The largest absolute Gasteiger partial charge is 0.393 e. The van der Waals surface area contributed by atoms with Crippen molar-refractivity contribution in [3.8, 4) is 11.4 Å². The highest BCUT2D eigenvalue weighted by Crippen LogP contribution is 2.26. The summed E-state index contributed by atoms with van der Waals surface area (Å²) >= 11 is 0. The fourth-order valence-corrected chi connectivity index (χ4v) is 2.65. The number of hydrogen-bond acceptors (Lipinski definition) is 7. The quantitative estimate of drug-likeness (QED) is 0.555. The molecule has 10 heteroatoms. The summed E-state index contributed by atoms with van der Waals surface area (Å²) in [6.07, 6.45) is 0.337. The van der Waals surface area contributed by atoms with Crippen LogP contribution in [-0.4, -0.2) is 47.4 Å². The molecule has 0 unspecified atom stereocenters. The van der Waals surface area contributed by atoms with E-state index in [-0.39, 0.29) is 11.4 Å². The molecule has 3 aromatic heterocycles. The SMILES string of the molecule is Cc1cc(Nc2cc(C(F)F)ccn2)nc(-c2cn([C@@H](C)[C@@](C)(O)CO)nn2)c1. The molecule has 0 aliphatic carbocycles. The molecule has 0 aromatic carbocycles. The summed E-state index contributed by atoms with van der Waals surface area (Å²) in [4.78, 5) is 8.51. The second-order valence-electron chi connectivity index (χ2n) is 7.09. The van der Waals surface area contributed by atoms with Gasteiger partial charge in [-0.25, -0.2) is 23.4 Å². The third kappa shape index (κ3) is 4.72. The fourth-order valence-electron chi connectivity index (χ4n) is 2.65. The molecule has 2 atom stereocenters. The van der Waals surface area contributed by atoms with Crippen LogP contribution >= 0.6 is 0 Å². The number of halogens is 2. The fraction of sp³-hybridized carbons (Fsp3) is 0.368. The first kappa shape index (κ1) is 20.7. The van der Waals surface area contributed by atoms with E-state index in [9.17, 15) is 19.0 Å². The van der Waals surface area contributed by atoms with Gasteiger partial charge >= 0.3 is 0 Å². The lowest BCUT2D eigenvalue weighted by Gasteiger charge is -2.27. The predicted octanol–water partition coefficient (Wildman–Crippen LogP) is 3.03. The number of aliphatic hydroxyl groups excluding tert-OH is 1.